The molecule has 1 N–H and O–H groups in total. The molecule has 8 heteroatoms. The van der Waals surface area contributed by atoms with Crippen LogP contribution in [0, 0.1) is 17.8 Å². The average Bonchev–Trinajstić information content (AvgIpc) is 3.02. The number of aryl methyl sites for hydroxylation is 2. The third-order valence-corrected chi connectivity index (χ3v) is 7.86. The normalized spacial score (nSPS) is 26.3. The third-order valence-electron chi connectivity index (χ3n) is 7.86. The molecule has 0 unspecified atom stereocenters. The summed E-state index contributed by atoms with van der Waals surface area (Å²) in [7, 11) is 0. The van der Waals surface area contributed by atoms with Crippen molar-refractivity contribution < 1.29 is 4.79 Å². The number of rotatable bonds is 6. The second-order valence-corrected chi connectivity index (χ2v) is 11.0. The van der Waals surface area contributed by atoms with E-state index in [9.17, 15) is 4.79 Å². The number of aromatic nitrogens is 4. The largest absolute Gasteiger partial charge is 0.356 e. The number of amides is 1. The van der Waals surface area contributed by atoms with Gasteiger partial charge in [0.25, 0.3) is 0 Å². The van der Waals surface area contributed by atoms with Crippen molar-refractivity contribution in [3.05, 3.63) is 12.2 Å². The molecule has 8 nitrogen and oxygen atoms in total. The number of nitrogens with one attached hydrogen (secondary N) is 1. The fourth-order valence-electron chi connectivity index (χ4n) is 6.37. The predicted octanol–water partition coefficient (Wildman–Crippen LogP) is 3.25. The summed E-state index contributed by atoms with van der Waals surface area (Å²) < 4.78 is 2.28. The number of nitrogens with zero attached hydrogens (tertiary/aromatic N) is 6. The van der Waals surface area contributed by atoms with Gasteiger partial charge >= 0.3 is 0 Å². The second kappa shape index (κ2) is 10.6. The van der Waals surface area contributed by atoms with Gasteiger partial charge in [-0.1, -0.05) is 20.3 Å². The van der Waals surface area contributed by atoms with Crippen LogP contribution in [-0.2, 0) is 17.8 Å². The molecule has 3 aliphatic rings. The number of imidazole rings is 1. The number of carbonyl (C=O) groups is 1. The van der Waals surface area contributed by atoms with Gasteiger partial charge in [-0.2, -0.15) is 0 Å². The molecule has 186 valence electrons. The van der Waals surface area contributed by atoms with Crippen molar-refractivity contribution in [2.75, 3.05) is 44.2 Å². The molecule has 0 saturated carbocycles. The molecule has 2 saturated heterocycles. The highest BCUT2D eigenvalue weighted by molar-refractivity contribution is 5.85. The fraction of sp³-hybridized carbons (Fsp3) is 0.769. The van der Waals surface area contributed by atoms with Crippen LogP contribution in [0.1, 0.15) is 64.6 Å². The Balaban J connectivity index is 1.17. The van der Waals surface area contributed by atoms with Crippen LogP contribution in [0.5, 0.6) is 0 Å². The lowest BCUT2D eigenvalue weighted by atomic mass is 9.92. The van der Waals surface area contributed by atoms with Gasteiger partial charge in [0.1, 0.15) is 12.2 Å². The minimum Gasteiger partial charge on any atom is -0.356 e. The van der Waals surface area contributed by atoms with Gasteiger partial charge in [0.15, 0.2) is 17.0 Å². The van der Waals surface area contributed by atoms with Crippen LogP contribution in [0.3, 0.4) is 0 Å². The van der Waals surface area contributed by atoms with Crippen LogP contribution in [0.25, 0.3) is 11.2 Å². The molecule has 34 heavy (non-hydrogen) atoms. The van der Waals surface area contributed by atoms with Gasteiger partial charge in [0.05, 0.1) is 5.92 Å². The Labute approximate surface area is 203 Å². The van der Waals surface area contributed by atoms with E-state index in [1.54, 1.807) is 6.33 Å². The molecule has 5 rings (SSSR count). The van der Waals surface area contributed by atoms with Crippen LogP contribution in [0.4, 0.5) is 5.82 Å². The third kappa shape index (κ3) is 5.21. The minimum atomic E-state index is 0.00855. The molecule has 3 aliphatic heterocycles. The van der Waals surface area contributed by atoms with Crippen molar-refractivity contribution in [1.82, 2.24) is 29.7 Å². The summed E-state index contributed by atoms with van der Waals surface area (Å²) >= 11 is 0. The van der Waals surface area contributed by atoms with Gasteiger partial charge in [-0.3, -0.25) is 4.79 Å². The van der Waals surface area contributed by atoms with E-state index in [1.165, 1.54) is 38.8 Å². The maximum Gasteiger partial charge on any atom is 0.224 e. The number of hydrogen-bond acceptors (Lipinski definition) is 6. The van der Waals surface area contributed by atoms with E-state index in [-0.39, 0.29) is 11.8 Å². The first-order valence-electron chi connectivity index (χ1n) is 13.5. The van der Waals surface area contributed by atoms with E-state index in [4.69, 9.17) is 4.98 Å². The molecular formula is C26H41N7O. The average molecular weight is 468 g/mol. The van der Waals surface area contributed by atoms with E-state index in [0.717, 1.165) is 86.5 Å². The lowest BCUT2D eigenvalue weighted by Gasteiger charge is -2.35. The monoisotopic (exact) mass is 467 g/mol. The SMILES string of the molecule is C[C@@H]1C[C@H](C)CN(CCCNC(=O)[C@@H]2CCCN(c3ncnc4c3nc3n4CCCCC3)C2)C1. The number of hydrogen-bond donors (Lipinski definition) is 1. The van der Waals surface area contributed by atoms with E-state index in [2.05, 4.69) is 43.5 Å². The maximum absolute atomic E-state index is 13.0. The predicted molar refractivity (Wildman–Crippen MR) is 135 cm³/mol. The van der Waals surface area contributed by atoms with Gasteiger partial charge in [0, 0.05) is 45.7 Å². The summed E-state index contributed by atoms with van der Waals surface area (Å²) in [5.74, 6) is 3.80. The van der Waals surface area contributed by atoms with Gasteiger partial charge in [-0.05, 0) is 56.9 Å². The van der Waals surface area contributed by atoms with Crippen molar-refractivity contribution in [2.45, 2.75) is 71.8 Å². The number of anilines is 1. The lowest BCUT2D eigenvalue weighted by molar-refractivity contribution is -0.125. The Bertz CT molecular complexity index is 979. The summed E-state index contributed by atoms with van der Waals surface area (Å²) in [4.78, 5) is 32.0. The summed E-state index contributed by atoms with van der Waals surface area (Å²) in [6, 6.07) is 0. The molecule has 2 fully saturated rings. The van der Waals surface area contributed by atoms with Crippen LogP contribution >= 0.6 is 0 Å². The van der Waals surface area contributed by atoms with Crippen molar-refractivity contribution in [1.29, 1.82) is 0 Å². The van der Waals surface area contributed by atoms with Crippen molar-refractivity contribution in [3.63, 3.8) is 0 Å². The second-order valence-electron chi connectivity index (χ2n) is 11.0. The summed E-state index contributed by atoms with van der Waals surface area (Å²) in [6.45, 7) is 11.6. The topological polar surface area (TPSA) is 79.2 Å². The number of carbonyl (C=O) groups excluding carboxylic acids is 1. The highest BCUT2D eigenvalue weighted by Crippen LogP contribution is 2.29. The van der Waals surface area contributed by atoms with Crippen LogP contribution < -0.4 is 10.2 Å². The van der Waals surface area contributed by atoms with Crippen LogP contribution in [0.15, 0.2) is 6.33 Å². The Morgan fingerprint density at radius 3 is 2.76 bits per heavy atom. The molecule has 0 aliphatic carbocycles. The molecule has 5 heterocycles. The molecule has 2 aromatic heterocycles. The molecule has 0 bridgehead atoms. The van der Waals surface area contributed by atoms with E-state index in [0.29, 0.717) is 6.54 Å². The Morgan fingerprint density at radius 1 is 1.06 bits per heavy atom. The summed E-state index contributed by atoms with van der Waals surface area (Å²) in [5, 5.41) is 3.23. The van der Waals surface area contributed by atoms with Gasteiger partial charge in [-0.25, -0.2) is 15.0 Å². The molecular weight excluding hydrogens is 426 g/mol. The Hall–Kier alpha value is -2.22. The van der Waals surface area contributed by atoms with Gasteiger partial charge < -0.3 is 19.7 Å². The highest BCUT2D eigenvalue weighted by Gasteiger charge is 2.29. The molecule has 3 atom stereocenters. The Kier molecular flexibility index (Phi) is 7.32. The van der Waals surface area contributed by atoms with Crippen molar-refractivity contribution >= 4 is 22.9 Å². The van der Waals surface area contributed by atoms with Crippen LogP contribution in [-0.4, -0.2) is 69.6 Å². The first kappa shape index (κ1) is 23.5. The number of fused-ring (bicyclic) bond motifs is 3. The zero-order valence-corrected chi connectivity index (χ0v) is 21.0. The minimum absolute atomic E-state index is 0.00855. The molecule has 2 aromatic rings. The zero-order valence-electron chi connectivity index (χ0n) is 21.0. The van der Waals surface area contributed by atoms with Gasteiger partial charge in [0.2, 0.25) is 5.91 Å². The molecule has 0 radical (unpaired) electrons. The Morgan fingerprint density at radius 2 is 1.91 bits per heavy atom. The van der Waals surface area contributed by atoms with E-state index >= 15 is 0 Å². The smallest absolute Gasteiger partial charge is 0.224 e. The molecule has 0 spiro atoms. The maximum atomic E-state index is 13.0. The fourth-order valence-corrected chi connectivity index (χ4v) is 6.37. The highest BCUT2D eigenvalue weighted by atomic mass is 16.1. The van der Waals surface area contributed by atoms with E-state index in [1.807, 2.05) is 0 Å². The zero-order chi connectivity index (χ0) is 23.5. The lowest BCUT2D eigenvalue weighted by Crippen LogP contribution is -2.44. The summed E-state index contributed by atoms with van der Waals surface area (Å²) in [5.41, 5.74) is 1.86. The van der Waals surface area contributed by atoms with Crippen molar-refractivity contribution in [3.8, 4) is 0 Å². The number of likely N-dealkylation sites (tertiary alicyclic amines) is 1. The van der Waals surface area contributed by atoms with Gasteiger partial charge in [-0.15, -0.1) is 0 Å². The van der Waals surface area contributed by atoms with Crippen molar-refractivity contribution in [2.24, 2.45) is 17.8 Å². The van der Waals surface area contributed by atoms with Crippen LogP contribution in [0.2, 0.25) is 0 Å². The first-order chi connectivity index (χ1) is 16.6. The standard InChI is InChI=1S/C26H41N7O/c1-19-14-20(2)16-31(15-19)11-7-10-27-26(34)21-8-6-12-32(17-21)24-23-25(29-18-28-24)33-13-5-3-4-9-22(33)30-23/h18-21H,3-17H2,1-2H3,(H,27,34)/t19-,20+,21-/m1/s1. The van der Waals surface area contributed by atoms with E-state index < -0.39 is 0 Å². The first-order valence-corrected chi connectivity index (χ1v) is 13.5. The molecule has 1 amide bonds. The molecule has 0 aromatic carbocycles. The quantitative estimate of drug-likeness (QED) is 0.657. The number of piperidine rings is 2. The summed E-state index contributed by atoms with van der Waals surface area (Å²) in [6.07, 6.45) is 10.6.